The summed E-state index contributed by atoms with van der Waals surface area (Å²) in [6.45, 7) is 1.36. The van der Waals surface area contributed by atoms with E-state index in [9.17, 15) is 9.59 Å². The number of piperidine rings is 1. The van der Waals surface area contributed by atoms with E-state index in [4.69, 9.17) is 5.11 Å². The quantitative estimate of drug-likeness (QED) is 0.726. The maximum atomic E-state index is 12.6. The highest BCUT2D eigenvalue weighted by molar-refractivity contribution is 5.76. The molecule has 1 aliphatic rings. The van der Waals surface area contributed by atoms with Crippen molar-refractivity contribution >= 4 is 11.9 Å². The average molecular weight is 369 g/mol. The summed E-state index contributed by atoms with van der Waals surface area (Å²) in [5.74, 6) is -0.486. The highest BCUT2D eigenvalue weighted by atomic mass is 16.4. The summed E-state index contributed by atoms with van der Waals surface area (Å²) in [5.41, 5.74) is 2.21. The monoisotopic (exact) mass is 369 g/mol. The largest absolute Gasteiger partial charge is 0.480 e. The van der Waals surface area contributed by atoms with Gasteiger partial charge in [-0.25, -0.2) is 0 Å². The predicted octanol–water partition coefficient (Wildman–Crippen LogP) is 3.09. The summed E-state index contributed by atoms with van der Waals surface area (Å²) in [4.78, 5) is 25.3. The van der Waals surface area contributed by atoms with Crippen molar-refractivity contribution in [2.75, 3.05) is 13.1 Å². The molecule has 27 heavy (non-hydrogen) atoms. The highest BCUT2D eigenvalue weighted by Crippen LogP contribution is 2.26. The molecule has 1 aromatic heterocycles. The Morgan fingerprint density at radius 3 is 2.74 bits per heavy atom. The molecule has 2 aromatic rings. The Hall–Kier alpha value is -2.63. The van der Waals surface area contributed by atoms with E-state index >= 15 is 0 Å². The number of likely N-dealkylation sites (tertiary alicyclic amines) is 1. The number of carboxylic acids is 1. The average Bonchev–Trinajstić information content (AvgIpc) is 3.14. The van der Waals surface area contributed by atoms with Crippen molar-refractivity contribution in [1.82, 2.24) is 14.7 Å². The first-order valence-corrected chi connectivity index (χ1v) is 9.68. The van der Waals surface area contributed by atoms with E-state index in [-0.39, 0.29) is 18.4 Å². The first-order chi connectivity index (χ1) is 13.1. The van der Waals surface area contributed by atoms with Crippen LogP contribution in [-0.4, -0.2) is 44.8 Å². The molecule has 0 aliphatic carbocycles. The van der Waals surface area contributed by atoms with E-state index in [0.717, 1.165) is 44.3 Å². The Balaban J connectivity index is 1.45. The number of amides is 1. The van der Waals surface area contributed by atoms with E-state index in [2.05, 4.69) is 17.2 Å². The number of carboxylic acid groups (broad SMARTS) is 1. The molecule has 0 bridgehead atoms. The first-order valence-electron chi connectivity index (χ1n) is 9.68. The second-order valence-corrected chi connectivity index (χ2v) is 7.20. The summed E-state index contributed by atoms with van der Waals surface area (Å²) in [6, 6.07) is 12.2. The number of benzene rings is 1. The molecule has 0 spiro atoms. The molecule has 0 radical (unpaired) electrons. The molecular weight excluding hydrogens is 342 g/mol. The summed E-state index contributed by atoms with van der Waals surface area (Å²) >= 11 is 0. The lowest BCUT2D eigenvalue weighted by Crippen LogP contribution is -2.39. The van der Waals surface area contributed by atoms with Crippen LogP contribution in [0.25, 0.3) is 0 Å². The molecule has 1 aromatic carbocycles. The lowest BCUT2D eigenvalue weighted by Gasteiger charge is -2.32. The smallest absolute Gasteiger partial charge is 0.325 e. The fraction of sp³-hybridized carbons (Fsp3) is 0.476. The standard InChI is InChI=1S/C21H27N3O3/c25-20(11-5-4-9-17-7-2-1-3-8-17)23-13-6-10-18(15-23)19-12-14-24(22-19)16-21(26)27/h1-3,7-8,12,14,18H,4-6,9-11,13,15-16H2,(H,26,27)/t18-/m0/s1. The lowest BCUT2D eigenvalue weighted by atomic mass is 9.94. The number of carbonyl (C=O) groups excluding carboxylic acids is 1. The number of aliphatic carboxylic acids is 1. The van der Waals surface area contributed by atoms with Gasteiger partial charge in [0.05, 0.1) is 5.69 Å². The molecule has 1 amide bonds. The van der Waals surface area contributed by atoms with Crippen LogP contribution < -0.4 is 0 Å². The van der Waals surface area contributed by atoms with E-state index in [1.54, 1.807) is 6.20 Å². The number of unbranched alkanes of at least 4 members (excludes halogenated alkanes) is 1. The lowest BCUT2D eigenvalue weighted by molar-refractivity contribution is -0.138. The Labute approximate surface area is 159 Å². The zero-order chi connectivity index (χ0) is 19.1. The summed E-state index contributed by atoms with van der Waals surface area (Å²) < 4.78 is 1.45. The molecule has 1 atom stereocenters. The van der Waals surface area contributed by atoms with Gasteiger partial charge < -0.3 is 10.0 Å². The third kappa shape index (κ3) is 5.67. The van der Waals surface area contributed by atoms with Gasteiger partial charge in [-0.05, 0) is 43.7 Å². The van der Waals surface area contributed by atoms with Gasteiger partial charge >= 0.3 is 5.97 Å². The van der Waals surface area contributed by atoms with Crippen molar-refractivity contribution in [3.05, 3.63) is 53.9 Å². The van der Waals surface area contributed by atoms with Crippen LogP contribution in [-0.2, 0) is 22.6 Å². The van der Waals surface area contributed by atoms with Crippen molar-refractivity contribution in [2.24, 2.45) is 0 Å². The first kappa shape index (κ1) is 19.1. The zero-order valence-electron chi connectivity index (χ0n) is 15.6. The number of carbonyl (C=O) groups is 2. The molecule has 1 N–H and O–H groups in total. The summed E-state index contributed by atoms with van der Waals surface area (Å²) in [6.07, 6.45) is 7.18. The Morgan fingerprint density at radius 1 is 1.15 bits per heavy atom. The number of nitrogens with zero attached hydrogens (tertiary/aromatic N) is 3. The topological polar surface area (TPSA) is 75.4 Å². The van der Waals surface area contributed by atoms with Crippen LogP contribution >= 0.6 is 0 Å². The van der Waals surface area contributed by atoms with Gasteiger partial charge in [-0.3, -0.25) is 14.3 Å². The van der Waals surface area contributed by atoms with Gasteiger partial charge in [0, 0.05) is 31.6 Å². The molecule has 6 nitrogen and oxygen atoms in total. The van der Waals surface area contributed by atoms with Crippen LogP contribution in [0.3, 0.4) is 0 Å². The van der Waals surface area contributed by atoms with Gasteiger partial charge in [0.25, 0.3) is 0 Å². The second kappa shape index (κ2) is 9.35. The normalized spacial score (nSPS) is 17.0. The molecule has 144 valence electrons. The minimum atomic E-state index is -0.902. The number of aryl methyl sites for hydroxylation is 1. The van der Waals surface area contributed by atoms with Crippen LogP contribution in [0, 0.1) is 0 Å². The van der Waals surface area contributed by atoms with Crippen molar-refractivity contribution in [3.8, 4) is 0 Å². The van der Waals surface area contributed by atoms with Crippen molar-refractivity contribution in [1.29, 1.82) is 0 Å². The third-order valence-corrected chi connectivity index (χ3v) is 5.10. The predicted molar refractivity (Wildman–Crippen MR) is 102 cm³/mol. The van der Waals surface area contributed by atoms with Crippen LogP contribution in [0.15, 0.2) is 42.6 Å². The Kier molecular flexibility index (Phi) is 6.63. The van der Waals surface area contributed by atoms with Crippen molar-refractivity contribution < 1.29 is 14.7 Å². The molecular formula is C21H27N3O3. The molecule has 0 saturated carbocycles. The van der Waals surface area contributed by atoms with Gasteiger partial charge in [-0.2, -0.15) is 5.10 Å². The molecule has 6 heteroatoms. The van der Waals surface area contributed by atoms with Gasteiger partial charge in [0.2, 0.25) is 5.91 Å². The van der Waals surface area contributed by atoms with Crippen molar-refractivity contribution in [2.45, 2.75) is 51.0 Å². The minimum absolute atomic E-state index is 0.128. The zero-order valence-corrected chi connectivity index (χ0v) is 15.6. The highest BCUT2D eigenvalue weighted by Gasteiger charge is 2.26. The van der Waals surface area contributed by atoms with Gasteiger partial charge in [0.1, 0.15) is 6.54 Å². The summed E-state index contributed by atoms with van der Waals surface area (Å²) in [5, 5.41) is 13.2. The van der Waals surface area contributed by atoms with Crippen LogP contribution in [0.2, 0.25) is 0 Å². The third-order valence-electron chi connectivity index (χ3n) is 5.10. The Morgan fingerprint density at radius 2 is 1.96 bits per heavy atom. The Bertz CT molecular complexity index is 757. The van der Waals surface area contributed by atoms with Crippen LogP contribution in [0.4, 0.5) is 0 Å². The van der Waals surface area contributed by atoms with E-state index in [1.165, 1.54) is 10.2 Å². The number of aromatic nitrogens is 2. The molecule has 1 fully saturated rings. The molecule has 2 heterocycles. The number of hydrogen-bond donors (Lipinski definition) is 1. The van der Waals surface area contributed by atoms with Gasteiger partial charge in [-0.1, -0.05) is 30.3 Å². The minimum Gasteiger partial charge on any atom is -0.480 e. The maximum absolute atomic E-state index is 12.6. The van der Waals surface area contributed by atoms with Crippen LogP contribution in [0.5, 0.6) is 0 Å². The maximum Gasteiger partial charge on any atom is 0.325 e. The molecule has 1 aliphatic heterocycles. The molecule has 0 unspecified atom stereocenters. The van der Waals surface area contributed by atoms with Gasteiger partial charge in [0.15, 0.2) is 0 Å². The molecule has 1 saturated heterocycles. The SMILES string of the molecule is O=C(O)Cn1ccc([C@H]2CCCN(C(=O)CCCCc3ccccc3)C2)n1. The molecule has 3 rings (SSSR count). The number of hydrogen-bond acceptors (Lipinski definition) is 3. The van der Waals surface area contributed by atoms with Gasteiger partial charge in [-0.15, -0.1) is 0 Å². The number of rotatable bonds is 8. The van der Waals surface area contributed by atoms with E-state index < -0.39 is 5.97 Å². The second-order valence-electron chi connectivity index (χ2n) is 7.20. The summed E-state index contributed by atoms with van der Waals surface area (Å²) in [7, 11) is 0. The fourth-order valence-electron chi connectivity index (χ4n) is 3.67. The van der Waals surface area contributed by atoms with Crippen molar-refractivity contribution in [3.63, 3.8) is 0 Å². The van der Waals surface area contributed by atoms with Crippen LogP contribution in [0.1, 0.15) is 49.3 Å². The fourth-order valence-corrected chi connectivity index (χ4v) is 3.67. The van der Waals surface area contributed by atoms with E-state index in [0.29, 0.717) is 13.0 Å². The van der Waals surface area contributed by atoms with E-state index in [1.807, 2.05) is 29.2 Å².